The summed E-state index contributed by atoms with van der Waals surface area (Å²) in [6.45, 7) is 6.60. The number of halogens is 2. The molecule has 0 aliphatic rings. The molecular formula is C16H21ClFN3O. The van der Waals surface area contributed by atoms with Crippen LogP contribution in [-0.4, -0.2) is 27.5 Å². The van der Waals surface area contributed by atoms with Crippen molar-refractivity contribution in [2.24, 2.45) is 5.92 Å². The normalized spacial score (nSPS) is 14.1. The molecule has 4 nitrogen and oxygen atoms in total. The molecule has 0 spiro atoms. The van der Waals surface area contributed by atoms with Crippen LogP contribution in [0.2, 0.25) is 5.15 Å². The van der Waals surface area contributed by atoms with Crippen molar-refractivity contribution in [3.8, 4) is 5.69 Å². The van der Waals surface area contributed by atoms with Crippen molar-refractivity contribution in [2.75, 3.05) is 6.61 Å². The van der Waals surface area contributed by atoms with E-state index in [1.54, 1.807) is 16.8 Å². The topological polar surface area (TPSA) is 50.1 Å². The molecule has 0 bridgehead atoms. The first-order valence-corrected chi connectivity index (χ1v) is 7.66. The maximum atomic E-state index is 13.0. The van der Waals surface area contributed by atoms with Gasteiger partial charge >= 0.3 is 0 Å². The number of aromatic nitrogens is 2. The summed E-state index contributed by atoms with van der Waals surface area (Å²) in [7, 11) is 0. The minimum Gasteiger partial charge on any atom is -0.396 e. The first-order valence-electron chi connectivity index (χ1n) is 7.28. The van der Waals surface area contributed by atoms with E-state index in [0.717, 1.165) is 16.9 Å². The highest BCUT2D eigenvalue weighted by atomic mass is 35.5. The second-order valence-corrected chi connectivity index (χ2v) is 5.93. The van der Waals surface area contributed by atoms with Crippen LogP contribution in [0, 0.1) is 18.7 Å². The molecule has 1 heterocycles. The maximum absolute atomic E-state index is 13.0. The second kappa shape index (κ2) is 7.22. The van der Waals surface area contributed by atoms with E-state index in [0.29, 0.717) is 11.7 Å². The summed E-state index contributed by atoms with van der Waals surface area (Å²) in [6, 6.07) is 6.20. The molecule has 120 valence electrons. The van der Waals surface area contributed by atoms with Crippen molar-refractivity contribution in [3.63, 3.8) is 0 Å². The minimum absolute atomic E-state index is 0.135. The van der Waals surface area contributed by atoms with E-state index in [4.69, 9.17) is 11.6 Å². The molecule has 1 aromatic heterocycles. The highest BCUT2D eigenvalue weighted by Gasteiger charge is 2.17. The number of nitrogens with zero attached hydrogens (tertiary/aromatic N) is 2. The van der Waals surface area contributed by atoms with Crippen LogP contribution in [0.1, 0.15) is 25.1 Å². The molecule has 6 heteroatoms. The van der Waals surface area contributed by atoms with Gasteiger partial charge in [-0.1, -0.05) is 18.5 Å². The van der Waals surface area contributed by atoms with Gasteiger partial charge in [0.15, 0.2) is 0 Å². The molecule has 0 radical (unpaired) electrons. The van der Waals surface area contributed by atoms with Gasteiger partial charge in [0.2, 0.25) is 0 Å². The fraction of sp³-hybridized carbons (Fsp3) is 0.438. The summed E-state index contributed by atoms with van der Waals surface area (Å²) in [5.41, 5.74) is 2.45. The number of hydrogen-bond donors (Lipinski definition) is 2. The predicted octanol–water partition coefficient (Wildman–Crippen LogP) is 3.08. The number of nitrogens with one attached hydrogen (secondary N) is 1. The third kappa shape index (κ3) is 3.66. The predicted molar refractivity (Wildman–Crippen MR) is 85.8 cm³/mol. The Kier molecular flexibility index (Phi) is 5.56. The van der Waals surface area contributed by atoms with Crippen molar-refractivity contribution < 1.29 is 9.50 Å². The molecule has 1 aromatic carbocycles. The zero-order valence-electron chi connectivity index (χ0n) is 13.0. The molecule has 0 fully saturated rings. The monoisotopic (exact) mass is 325 g/mol. The molecule has 0 saturated heterocycles. The molecule has 0 aliphatic carbocycles. The summed E-state index contributed by atoms with van der Waals surface area (Å²) < 4.78 is 14.6. The van der Waals surface area contributed by atoms with E-state index >= 15 is 0 Å². The van der Waals surface area contributed by atoms with Gasteiger partial charge in [-0.05, 0) is 44.0 Å². The lowest BCUT2D eigenvalue weighted by Crippen LogP contribution is -2.33. The van der Waals surface area contributed by atoms with E-state index < -0.39 is 0 Å². The SMILES string of the molecule is Cc1nn(-c2ccc(F)cc2)c(Cl)c1CNC(C)C(C)CO. The van der Waals surface area contributed by atoms with Gasteiger partial charge < -0.3 is 10.4 Å². The van der Waals surface area contributed by atoms with Crippen molar-refractivity contribution in [1.29, 1.82) is 0 Å². The third-order valence-electron chi connectivity index (χ3n) is 3.94. The zero-order valence-corrected chi connectivity index (χ0v) is 13.7. The van der Waals surface area contributed by atoms with Gasteiger partial charge in [-0.15, -0.1) is 0 Å². The standard InChI is InChI=1S/C16H21ClFN3O/c1-10(9-22)11(2)19-8-15-12(3)20-21(16(15)17)14-6-4-13(18)5-7-14/h4-7,10-11,19,22H,8-9H2,1-3H3. The highest BCUT2D eigenvalue weighted by Crippen LogP contribution is 2.24. The summed E-state index contributed by atoms with van der Waals surface area (Å²) in [6.07, 6.45) is 0. The molecule has 2 aromatic rings. The first kappa shape index (κ1) is 16.9. The zero-order chi connectivity index (χ0) is 16.3. The molecule has 2 atom stereocenters. The van der Waals surface area contributed by atoms with Gasteiger partial charge in [-0.2, -0.15) is 5.10 Å². The van der Waals surface area contributed by atoms with Gasteiger partial charge in [-0.3, -0.25) is 0 Å². The Balaban J connectivity index is 2.18. The number of hydrogen-bond acceptors (Lipinski definition) is 3. The quantitative estimate of drug-likeness (QED) is 0.858. The van der Waals surface area contributed by atoms with Gasteiger partial charge in [0, 0.05) is 24.8 Å². The summed E-state index contributed by atoms with van der Waals surface area (Å²) >= 11 is 6.42. The molecule has 22 heavy (non-hydrogen) atoms. The Morgan fingerprint density at radius 1 is 1.32 bits per heavy atom. The van der Waals surface area contributed by atoms with Crippen LogP contribution >= 0.6 is 11.6 Å². The Morgan fingerprint density at radius 2 is 1.95 bits per heavy atom. The summed E-state index contributed by atoms with van der Waals surface area (Å²) in [5, 5.41) is 17.5. The fourth-order valence-corrected chi connectivity index (χ4v) is 2.45. The average Bonchev–Trinajstić information content (AvgIpc) is 2.79. The van der Waals surface area contributed by atoms with E-state index in [1.165, 1.54) is 12.1 Å². The highest BCUT2D eigenvalue weighted by molar-refractivity contribution is 6.30. The van der Waals surface area contributed by atoms with Gasteiger partial charge in [0.1, 0.15) is 11.0 Å². The first-order chi connectivity index (χ1) is 10.4. The number of benzene rings is 1. The van der Waals surface area contributed by atoms with Crippen LogP contribution in [0.4, 0.5) is 4.39 Å². The van der Waals surface area contributed by atoms with Crippen LogP contribution in [0.5, 0.6) is 0 Å². The van der Waals surface area contributed by atoms with Gasteiger partial charge in [0.25, 0.3) is 0 Å². The summed E-state index contributed by atoms with van der Waals surface area (Å²) in [4.78, 5) is 0. The van der Waals surface area contributed by atoms with E-state index in [1.807, 2.05) is 20.8 Å². The number of aryl methyl sites for hydroxylation is 1. The Hall–Kier alpha value is -1.43. The fourth-order valence-electron chi connectivity index (χ4n) is 2.11. The molecule has 2 N–H and O–H groups in total. The van der Waals surface area contributed by atoms with Gasteiger partial charge in [0.05, 0.1) is 11.4 Å². The van der Waals surface area contributed by atoms with Crippen molar-refractivity contribution >= 4 is 11.6 Å². The number of aliphatic hydroxyl groups is 1. The third-order valence-corrected chi connectivity index (χ3v) is 4.32. The lowest BCUT2D eigenvalue weighted by Gasteiger charge is -2.19. The van der Waals surface area contributed by atoms with Crippen LogP contribution in [0.25, 0.3) is 5.69 Å². The van der Waals surface area contributed by atoms with Gasteiger partial charge in [-0.25, -0.2) is 9.07 Å². The Bertz CT molecular complexity index is 627. The lowest BCUT2D eigenvalue weighted by molar-refractivity contribution is 0.207. The van der Waals surface area contributed by atoms with Crippen molar-refractivity contribution in [2.45, 2.75) is 33.4 Å². The minimum atomic E-state index is -0.294. The average molecular weight is 326 g/mol. The molecule has 0 saturated carbocycles. The second-order valence-electron chi connectivity index (χ2n) is 5.57. The molecule has 2 unspecified atom stereocenters. The van der Waals surface area contributed by atoms with E-state index in [2.05, 4.69) is 10.4 Å². The van der Waals surface area contributed by atoms with Crippen LogP contribution < -0.4 is 5.32 Å². The van der Waals surface area contributed by atoms with Crippen LogP contribution in [-0.2, 0) is 6.54 Å². The molecule has 0 amide bonds. The maximum Gasteiger partial charge on any atom is 0.137 e. The van der Waals surface area contributed by atoms with E-state index in [9.17, 15) is 9.50 Å². The smallest absolute Gasteiger partial charge is 0.137 e. The van der Waals surface area contributed by atoms with Crippen LogP contribution in [0.15, 0.2) is 24.3 Å². The number of aliphatic hydroxyl groups excluding tert-OH is 1. The van der Waals surface area contributed by atoms with Crippen molar-refractivity contribution in [1.82, 2.24) is 15.1 Å². The molecule has 2 rings (SSSR count). The van der Waals surface area contributed by atoms with Crippen molar-refractivity contribution in [3.05, 3.63) is 46.5 Å². The number of rotatable bonds is 6. The Morgan fingerprint density at radius 3 is 2.55 bits per heavy atom. The van der Waals surface area contributed by atoms with E-state index in [-0.39, 0.29) is 24.4 Å². The summed E-state index contributed by atoms with van der Waals surface area (Å²) in [5.74, 6) is -0.135. The lowest BCUT2D eigenvalue weighted by atomic mass is 10.1. The largest absolute Gasteiger partial charge is 0.396 e. The Labute approximate surface area is 134 Å². The molecular weight excluding hydrogens is 305 g/mol. The van der Waals surface area contributed by atoms with Crippen LogP contribution in [0.3, 0.4) is 0 Å². The molecule has 0 aliphatic heterocycles.